The molecule has 0 bridgehead atoms. The number of fused-ring (bicyclic) bond motifs is 3. The molecule has 1 aliphatic carbocycles. The highest BCUT2D eigenvalue weighted by atomic mass is 32.2. The summed E-state index contributed by atoms with van der Waals surface area (Å²) in [5.41, 5.74) is 4.69. The summed E-state index contributed by atoms with van der Waals surface area (Å²) >= 11 is 1.22. The number of amides is 2. The molecular weight excluding hydrogens is 412 g/mol. The predicted molar refractivity (Wildman–Crippen MR) is 120 cm³/mol. The van der Waals surface area contributed by atoms with E-state index in [0.717, 1.165) is 34.8 Å². The summed E-state index contributed by atoms with van der Waals surface area (Å²) < 4.78 is 0. The number of benzene rings is 2. The van der Waals surface area contributed by atoms with E-state index in [1.807, 2.05) is 25.1 Å². The molecule has 2 heterocycles. The molecule has 156 valence electrons. The number of anilines is 1. The van der Waals surface area contributed by atoms with Gasteiger partial charge in [0.2, 0.25) is 11.1 Å². The zero-order valence-corrected chi connectivity index (χ0v) is 17.6. The van der Waals surface area contributed by atoms with Gasteiger partial charge in [0.1, 0.15) is 5.52 Å². The van der Waals surface area contributed by atoms with Gasteiger partial charge in [0, 0.05) is 28.2 Å². The van der Waals surface area contributed by atoms with Crippen molar-refractivity contribution in [3.05, 3.63) is 53.6 Å². The van der Waals surface area contributed by atoms with E-state index in [9.17, 15) is 9.59 Å². The topological polar surface area (TPSA) is 113 Å². The van der Waals surface area contributed by atoms with E-state index >= 15 is 0 Å². The first-order chi connectivity index (χ1) is 15.0. The Labute approximate surface area is 182 Å². The second kappa shape index (κ2) is 7.99. The standard InChI is InChI=1S/C22H20N6O2S/c1-12-2-9-17-16(10-12)19-20(25-17)26-22(28-27-19)31-11-18(29)23-14-5-3-13(4-6-14)21(30)24-15-7-8-15/h2-6,9-10,15H,7-8,11H2,1H3,(H,23,29)(H,24,30)(H,25,26,28). The van der Waals surface area contributed by atoms with Crippen molar-refractivity contribution in [1.29, 1.82) is 0 Å². The Balaban J connectivity index is 1.20. The number of carbonyl (C=O) groups excluding carboxylic acids is 2. The number of H-pyrrole nitrogens is 1. The first kappa shape index (κ1) is 19.5. The molecule has 2 aromatic carbocycles. The van der Waals surface area contributed by atoms with E-state index < -0.39 is 0 Å². The van der Waals surface area contributed by atoms with Crippen molar-refractivity contribution in [2.75, 3.05) is 11.1 Å². The third-order valence-corrected chi connectivity index (χ3v) is 5.86. The Morgan fingerprint density at radius 2 is 1.94 bits per heavy atom. The number of nitrogens with one attached hydrogen (secondary N) is 3. The zero-order valence-electron chi connectivity index (χ0n) is 16.8. The van der Waals surface area contributed by atoms with Crippen LogP contribution < -0.4 is 10.6 Å². The number of aromatic amines is 1. The maximum Gasteiger partial charge on any atom is 0.251 e. The van der Waals surface area contributed by atoms with Crippen LogP contribution in [0.15, 0.2) is 47.6 Å². The molecule has 9 heteroatoms. The number of aromatic nitrogens is 4. The molecule has 5 rings (SSSR count). The normalized spacial score (nSPS) is 13.5. The van der Waals surface area contributed by atoms with Gasteiger partial charge in [-0.05, 0) is 56.2 Å². The van der Waals surface area contributed by atoms with E-state index in [0.29, 0.717) is 28.1 Å². The number of thioether (sulfide) groups is 1. The minimum Gasteiger partial charge on any atom is -0.349 e. The fourth-order valence-electron chi connectivity index (χ4n) is 3.26. The molecule has 2 amide bonds. The Morgan fingerprint density at radius 3 is 2.71 bits per heavy atom. The summed E-state index contributed by atoms with van der Waals surface area (Å²) in [5, 5.41) is 15.6. The number of rotatable bonds is 6. The largest absolute Gasteiger partial charge is 0.349 e. The molecule has 1 fully saturated rings. The number of nitrogens with zero attached hydrogens (tertiary/aromatic N) is 3. The number of hydrogen-bond acceptors (Lipinski definition) is 6. The second-order valence-electron chi connectivity index (χ2n) is 7.63. The Kier molecular flexibility index (Phi) is 5.03. The van der Waals surface area contributed by atoms with Gasteiger partial charge in [0.25, 0.3) is 5.91 Å². The van der Waals surface area contributed by atoms with E-state index in [1.165, 1.54) is 11.8 Å². The summed E-state index contributed by atoms with van der Waals surface area (Å²) in [6.45, 7) is 2.03. The van der Waals surface area contributed by atoms with E-state index in [1.54, 1.807) is 24.3 Å². The lowest BCUT2D eigenvalue weighted by atomic mass is 10.2. The van der Waals surface area contributed by atoms with Crippen LogP contribution in [0.3, 0.4) is 0 Å². The molecular formula is C22H20N6O2S. The van der Waals surface area contributed by atoms with E-state index in [-0.39, 0.29) is 17.6 Å². The van der Waals surface area contributed by atoms with Crippen molar-refractivity contribution in [2.24, 2.45) is 0 Å². The summed E-state index contributed by atoms with van der Waals surface area (Å²) in [4.78, 5) is 32.1. The minimum atomic E-state index is -0.184. The predicted octanol–water partition coefficient (Wildman–Crippen LogP) is 3.44. The van der Waals surface area contributed by atoms with Crippen LogP contribution in [0, 0.1) is 6.92 Å². The smallest absolute Gasteiger partial charge is 0.251 e. The maximum absolute atomic E-state index is 12.3. The molecule has 4 aromatic rings. The Morgan fingerprint density at radius 1 is 1.13 bits per heavy atom. The van der Waals surface area contributed by atoms with E-state index in [4.69, 9.17) is 0 Å². The third-order valence-electron chi connectivity index (χ3n) is 5.03. The highest BCUT2D eigenvalue weighted by Crippen LogP contribution is 2.24. The van der Waals surface area contributed by atoms with Crippen LogP contribution in [0.25, 0.3) is 22.1 Å². The highest BCUT2D eigenvalue weighted by Gasteiger charge is 2.23. The van der Waals surface area contributed by atoms with Crippen LogP contribution in [-0.2, 0) is 4.79 Å². The maximum atomic E-state index is 12.3. The van der Waals surface area contributed by atoms with E-state index in [2.05, 4.69) is 30.8 Å². The molecule has 3 N–H and O–H groups in total. The van der Waals surface area contributed by atoms with Gasteiger partial charge in [-0.2, -0.15) is 0 Å². The lowest BCUT2D eigenvalue weighted by Gasteiger charge is -2.07. The van der Waals surface area contributed by atoms with Gasteiger partial charge < -0.3 is 15.6 Å². The Hall–Kier alpha value is -3.46. The lowest BCUT2D eigenvalue weighted by Crippen LogP contribution is -2.25. The number of aryl methyl sites for hydroxylation is 1. The van der Waals surface area contributed by atoms with Crippen molar-refractivity contribution in [2.45, 2.75) is 31.0 Å². The average Bonchev–Trinajstić information content (AvgIpc) is 3.51. The highest BCUT2D eigenvalue weighted by molar-refractivity contribution is 7.99. The van der Waals surface area contributed by atoms with Crippen LogP contribution in [0.4, 0.5) is 5.69 Å². The molecule has 2 aromatic heterocycles. The quantitative estimate of drug-likeness (QED) is 0.402. The second-order valence-corrected chi connectivity index (χ2v) is 8.57. The molecule has 0 saturated heterocycles. The van der Waals surface area contributed by atoms with Crippen molar-refractivity contribution in [3.8, 4) is 0 Å². The van der Waals surface area contributed by atoms with Crippen molar-refractivity contribution in [1.82, 2.24) is 25.5 Å². The molecule has 0 spiro atoms. The fraction of sp³-hybridized carbons (Fsp3) is 0.227. The van der Waals surface area contributed by atoms with Gasteiger partial charge in [-0.3, -0.25) is 9.59 Å². The van der Waals surface area contributed by atoms with Crippen molar-refractivity contribution in [3.63, 3.8) is 0 Å². The summed E-state index contributed by atoms with van der Waals surface area (Å²) in [5.74, 6) is -0.115. The van der Waals surface area contributed by atoms with Gasteiger partial charge in [0.05, 0.1) is 5.75 Å². The van der Waals surface area contributed by atoms with Gasteiger partial charge in [0.15, 0.2) is 5.65 Å². The average molecular weight is 433 g/mol. The van der Waals surface area contributed by atoms with Crippen molar-refractivity contribution >= 4 is 51.3 Å². The van der Waals surface area contributed by atoms with Crippen LogP contribution >= 0.6 is 11.8 Å². The van der Waals surface area contributed by atoms with Crippen LogP contribution in [0.1, 0.15) is 28.8 Å². The van der Waals surface area contributed by atoms with Crippen LogP contribution in [0.5, 0.6) is 0 Å². The SMILES string of the molecule is Cc1ccc2[nH]c3nc(SCC(=O)Nc4ccc(C(=O)NC5CC5)cc4)nnc3c2c1. The summed E-state index contributed by atoms with van der Waals surface area (Å²) in [7, 11) is 0. The van der Waals surface area contributed by atoms with Crippen LogP contribution in [0.2, 0.25) is 0 Å². The minimum absolute atomic E-state index is 0.0805. The van der Waals surface area contributed by atoms with Crippen LogP contribution in [-0.4, -0.2) is 43.8 Å². The molecule has 0 unspecified atom stereocenters. The molecule has 0 aliphatic heterocycles. The Bertz CT molecular complexity index is 1300. The number of carbonyl (C=O) groups is 2. The van der Waals surface area contributed by atoms with Gasteiger partial charge >= 0.3 is 0 Å². The monoisotopic (exact) mass is 432 g/mol. The third kappa shape index (κ3) is 4.36. The number of hydrogen-bond donors (Lipinski definition) is 3. The summed E-state index contributed by atoms with van der Waals surface area (Å²) in [6.07, 6.45) is 2.09. The summed E-state index contributed by atoms with van der Waals surface area (Å²) in [6, 6.07) is 13.2. The lowest BCUT2D eigenvalue weighted by molar-refractivity contribution is -0.113. The first-order valence-electron chi connectivity index (χ1n) is 10.0. The van der Waals surface area contributed by atoms with Gasteiger partial charge in [-0.15, -0.1) is 10.2 Å². The molecule has 0 atom stereocenters. The molecule has 0 radical (unpaired) electrons. The molecule has 8 nitrogen and oxygen atoms in total. The zero-order chi connectivity index (χ0) is 21.4. The van der Waals surface area contributed by atoms with Gasteiger partial charge in [-0.25, -0.2) is 4.98 Å². The molecule has 1 aliphatic rings. The fourth-order valence-corrected chi connectivity index (χ4v) is 3.85. The molecule has 31 heavy (non-hydrogen) atoms. The van der Waals surface area contributed by atoms with Gasteiger partial charge in [-0.1, -0.05) is 23.4 Å². The first-order valence-corrected chi connectivity index (χ1v) is 11.0. The molecule has 1 saturated carbocycles. The van der Waals surface area contributed by atoms with Crippen molar-refractivity contribution < 1.29 is 9.59 Å².